The third kappa shape index (κ3) is 3.08. The normalized spacial score (nSPS) is 12.3. The summed E-state index contributed by atoms with van der Waals surface area (Å²) in [4.78, 5) is 0. The van der Waals surface area contributed by atoms with Crippen molar-refractivity contribution in [2.45, 2.75) is 26.8 Å². The molecule has 2 aromatic carbocycles. The highest BCUT2D eigenvalue weighted by Crippen LogP contribution is 2.29. The molecule has 0 fully saturated rings. The van der Waals surface area contributed by atoms with Crippen molar-refractivity contribution in [2.75, 3.05) is 14.2 Å². The molecule has 0 bridgehead atoms. The number of aryl methyl sites for hydroxylation is 3. The lowest BCUT2D eigenvalue weighted by Gasteiger charge is -2.21. The number of hydrogen-bond donors (Lipinski definition) is 1. The van der Waals surface area contributed by atoms with E-state index in [1.54, 1.807) is 6.07 Å². The number of methoxy groups -OCH3 is 1. The average Bonchev–Trinajstić information content (AvgIpc) is 2.45. The molecule has 112 valence electrons. The first-order chi connectivity index (χ1) is 9.97. The van der Waals surface area contributed by atoms with Gasteiger partial charge in [0.15, 0.2) is 11.6 Å². The summed E-state index contributed by atoms with van der Waals surface area (Å²) in [5.74, 6) is -0.0675. The summed E-state index contributed by atoms with van der Waals surface area (Å²) in [5, 5.41) is 3.28. The van der Waals surface area contributed by atoms with E-state index < -0.39 is 0 Å². The fourth-order valence-corrected chi connectivity index (χ4v) is 2.66. The third-order valence-electron chi connectivity index (χ3n) is 3.99. The molecule has 2 nitrogen and oxygen atoms in total. The maximum Gasteiger partial charge on any atom is 0.165 e. The molecule has 0 radical (unpaired) electrons. The SMILES string of the molecule is CNC(c1ccc(OC)c(F)c1)c1cc(C)c(C)cc1C. The maximum absolute atomic E-state index is 14.0. The minimum absolute atomic E-state index is 0.0373. The first-order valence-electron chi connectivity index (χ1n) is 7.06. The van der Waals surface area contributed by atoms with E-state index in [9.17, 15) is 4.39 Å². The van der Waals surface area contributed by atoms with Crippen LogP contribution in [-0.4, -0.2) is 14.2 Å². The fraction of sp³-hybridized carbons (Fsp3) is 0.333. The number of hydrogen-bond acceptors (Lipinski definition) is 2. The summed E-state index contributed by atoms with van der Waals surface area (Å²) >= 11 is 0. The van der Waals surface area contributed by atoms with Gasteiger partial charge in [0.1, 0.15) is 0 Å². The molecule has 0 aliphatic carbocycles. The Bertz CT molecular complexity index is 652. The van der Waals surface area contributed by atoms with Crippen LogP contribution in [-0.2, 0) is 0 Å². The van der Waals surface area contributed by atoms with Gasteiger partial charge in [-0.1, -0.05) is 18.2 Å². The molecule has 21 heavy (non-hydrogen) atoms. The Balaban J connectivity index is 2.49. The Morgan fingerprint density at radius 2 is 1.67 bits per heavy atom. The van der Waals surface area contributed by atoms with Gasteiger partial charge in [-0.15, -0.1) is 0 Å². The number of halogens is 1. The molecule has 1 N–H and O–H groups in total. The van der Waals surface area contributed by atoms with E-state index >= 15 is 0 Å². The smallest absolute Gasteiger partial charge is 0.165 e. The molecule has 0 saturated heterocycles. The molecule has 0 aromatic heterocycles. The number of ether oxygens (including phenoxy) is 1. The lowest BCUT2D eigenvalue weighted by atomic mass is 9.91. The second-order valence-electron chi connectivity index (χ2n) is 5.41. The number of nitrogens with one attached hydrogen (secondary N) is 1. The van der Waals surface area contributed by atoms with Crippen LogP contribution in [0, 0.1) is 26.6 Å². The van der Waals surface area contributed by atoms with E-state index in [0.29, 0.717) is 0 Å². The number of rotatable bonds is 4. The zero-order chi connectivity index (χ0) is 15.6. The summed E-state index contributed by atoms with van der Waals surface area (Å²) in [6, 6.07) is 9.42. The van der Waals surface area contributed by atoms with Gasteiger partial charge in [-0.3, -0.25) is 0 Å². The summed E-state index contributed by atoms with van der Waals surface area (Å²) in [5.41, 5.74) is 5.78. The van der Waals surface area contributed by atoms with Crippen LogP contribution < -0.4 is 10.1 Å². The topological polar surface area (TPSA) is 21.3 Å². The quantitative estimate of drug-likeness (QED) is 0.915. The Morgan fingerprint density at radius 1 is 1.00 bits per heavy atom. The standard InChI is InChI=1S/C18H22FNO/c1-11-8-13(3)15(9-12(11)2)18(20-4)14-6-7-17(21-5)16(19)10-14/h6-10,18,20H,1-5H3. The van der Waals surface area contributed by atoms with E-state index in [-0.39, 0.29) is 17.6 Å². The Morgan fingerprint density at radius 3 is 2.24 bits per heavy atom. The highest BCUT2D eigenvalue weighted by atomic mass is 19.1. The molecule has 1 unspecified atom stereocenters. The molecule has 0 aliphatic heterocycles. The van der Waals surface area contributed by atoms with Crippen LogP contribution >= 0.6 is 0 Å². The van der Waals surface area contributed by atoms with Gasteiger partial charge in [-0.25, -0.2) is 4.39 Å². The number of benzene rings is 2. The van der Waals surface area contributed by atoms with Crippen LogP contribution in [0.3, 0.4) is 0 Å². The highest BCUT2D eigenvalue weighted by molar-refractivity contribution is 5.43. The van der Waals surface area contributed by atoms with Crippen LogP contribution in [0.5, 0.6) is 5.75 Å². The van der Waals surface area contributed by atoms with Crippen molar-refractivity contribution in [1.29, 1.82) is 0 Å². The summed E-state index contributed by atoms with van der Waals surface area (Å²) in [6.45, 7) is 6.29. The molecule has 0 amide bonds. The average molecular weight is 287 g/mol. The van der Waals surface area contributed by atoms with Crippen molar-refractivity contribution in [3.8, 4) is 5.75 Å². The van der Waals surface area contributed by atoms with Crippen molar-refractivity contribution in [1.82, 2.24) is 5.32 Å². The molecular formula is C18H22FNO. The monoisotopic (exact) mass is 287 g/mol. The van der Waals surface area contributed by atoms with Crippen molar-refractivity contribution in [2.24, 2.45) is 0 Å². The summed E-state index contributed by atoms with van der Waals surface area (Å²) in [6.07, 6.45) is 0. The Kier molecular flexibility index (Phi) is 4.63. The maximum atomic E-state index is 14.0. The molecule has 0 heterocycles. The molecule has 3 heteroatoms. The zero-order valence-corrected chi connectivity index (χ0v) is 13.3. The van der Waals surface area contributed by atoms with Crippen molar-refractivity contribution in [3.05, 3.63) is 64.0 Å². The Hall–Kier alpha value is -1.87. The van der Waals surface area contributed by atoms with Crippen molar-refractivity contribution < 1.29 is 9.13 Å². The van der Waals surface area contributed by atoms with Crippen LogP contribution in [0.25, 0.3) is 0 Å². The predicted molar refractivity (Wildman–Crippen MR) is 84.5 cm³/mol. The lowest BCUT2D eigenvalue weighted by molar-refractivity contribution is 0.386. The molecule has 1 atom stereocenters. The fourth-order valence-electron chi connectivity index (χ4n) is 2.66. The van der Waals surface area contributed by atoms with Gasteiger partial charge in [0.2, 0.25) is 0 Å². The van der Waals surface area contributed by atoms with Gasteiger partial charge in [0, 0.05) is 0 Å². The Labute approximate surface area is 126 Å². The molecular weight excluding hydrogens is 265 g/mol. The van der Waals surface area contributed by atoms with Crippen molar-refractivity contribution in [3.63, 3.8) is 0 Å². The van der Waals surface area contributed by atoms with E-state index in [4.69, 9.17) is 4.74 Å². The van der Waals surface area contributed by atoms with Gasteiger partial charge in [0.05, 0.1) is 13.2 Å². The van der Waals surface area contributed by atoms with Gasteiger partial charge >= 0.3 is 0 Å². The second kappa shape index (κ2) is 6.27. The van der Waals surface area contributed by atoms with Gasteiger partial charge in [-0.05, 0) is 67.8 Å². The zero-order valence-electron chi connectivity index (χ0n) is 13.3. The molecule has 0 aliphatic rings. The van der Waals surface area contributed by atoms with Crippen LogP contribution in [0.15, 0.2) is 30.3 Å². The minimum Gasteiger partial charge on any atom is -0.494 e. The van der Waals surface area contributed by atoms with Crippen LogP contribution in [0.2, 0.25) is 0 Å². The molecule has 2 aromatic rings. The minimum atomic E-state index is -0.336. The van der Waals surface area contributed by atoms with E-state index in [2.05, 4.69) is 38.2 Å². The molecule has 2 rings (SSSR count). The van der Waals surface area contributed by atoms with Gasteiger partial charge < -0.3 is 10.1 Å². The van der Waals surface area contributed by atoms with Crippen LogP contribution in [0.4, 0.5) is 4.39 Å². The van der Waals surface area contributed by atoms with E-state index in [0.717, 1.165) is 5.56 Å². The first-order valence-corrected chi connectivity index (χ1v) is 7.06. The van der Waals surface area contributed by atoms with Crippen LogP contribution in [0.1, 0.15) is 33.9 Å². The van der Waals surface area contributed by atoms with E-state index in [1.807, 2.05) is 13.1 Å². The summed E-state index contributed by atoms with van der Waals surface area (Å²) < 4.78 is 18.9. The van der Waals surface area contributed by atoms with Gasteiger partial charge in [0.25, 0.3) is 0 Å². The second-order valence-corrected chi connectivity index (χ2v) is 5.41. The lowest BCUT2D eigenvalue weighted by Crippen LogP contribution is -2.19. The summed E-state index contributed by atoms with van der Waals surface area (Å²) in [7, 11) is 3.36. The highest BCUT2D eigenvalue weighted by Gasteiger charge is 2.17. The molecule has 0 saturated carbocycles. The third-order valence-corrected chi connectivity index (χ3v) is 3.99. The molecule has 0 spiro atoms. The van der Waals surface area contributed by atoms with E-state index in [1.165, 1.54) is 35.4 Å². The predicted octanol–water partition coefficient (Wildman–Crippen LogP) is 4.07. The largest absolute Gasteiger partial charge is 0.494 e. The first kappa shape index (κ1) is 15.5. The van der Waals surface area contributed by atoms with Crippen molar-refractivity contribution >= 4 is 0 Å². The van der Waals surface area contributed by atoms with Gasteiger partial charge in [-0.2, -0.15) is 0 Å².